The van der Waals surface area contributed by atoms with E-state index >= 15 is 0 Å². The lowest BCUT2D eigenvalue weighted by Crippen LogP contribution is -2.04. The fourth-order valence-electron chi connectivity index (χ4n) is 4.59. The van der Waals surface area contributed by atoms with Crippen LogP contribution in [0.3, 0.4) is 0 Å². The van der Waals surface area contributed by atoms with E-state index in [0.717, 1.165) is 0 Å². The highest BCUT2D eigenvalue weighted by Gasteiger charge is 2.12. The van der Waals surface area contributed by atoms with E-state index in [2.05, 4.69) is 4.84 Å². The number of ether oxygens (including phenoxy) is 3. The molecule has 8 heteroatoms. The molecule has 0 atom stereocenters. The van der Waals surface area contributed by atoms with Crippen LogP contribution in [0.15, 0.2) is 146 Å². The summed E-state index contributed by atoms with van der Waals surface area (Å²) in [5, 5.41) is 0. The predicted molar refractivity (Wildman–Crippen MR) is 175 cm³/mol. The Labute approximate surface area is 265 Å². The smallest absolute Gasteiger partial charge is 0.193 e. The first-order chi connectivity index (χ1) is 22.4. The molecule has 4 N–H and O–H groups in total. The van der Waals surface area contributed by atoms with Crippen LogP contribution in [0.4, 0.5) is 5.69 Å². The van der Waals surface area contributed by atoms with Crippen molar-refractivity contribution in [2.24, 2.45) is 5.90 Å². The Morgan fingerprint density at radius 1 is 0.391 bits per heavy atom. The summed E-state index contributed by atoms with van der Waals surface area (Å²) in [7, 11) is 0. The molecule has 0 aliphatic heterocycles. The van der Waals surface area contributed by atoms with Crippen molar-refractivity contribution in [3.8, 4) is 40.2 Å². The summed E-state index contributed by atoms with van der Waals surface area (Å²) in [6, 6.07) is 41.6. The van der Waals surface area contributed by atoms with Gasteiger partial charge in [0, 0.05) is 34.0 Å². The molecule has 0 fully saturated rings. The van der Waals surface area contributed by atoms with Gasteiger partial charge < -0.3 is 24.8 Å². The second kappa shape index (κ2) is 13.5. The zero-order chi connectivity index (χ0) is 31.9. The molecule has 0 spiro atoms. The third-order valence-corrected chi connectivity index (χ3v) is 6.99. The van der Waals surface area contributed by atoms with Crippen LogP contribution in [0.2, 0.25) is 0 Å². The minimum Gasteiger partial charge on any atom is -0.457 e. The molecule has 46 heavy (non-hydrogen) atoms. The maximum absolute atomic E-state index is 13.1. The second-order valence-corrected chi connectivity index (χ2v) is 10.2. The van der Waals surface area contributed by atoms with Crippen molar-refractivity contribution in [3.05, 3.63) is 168 Å². The SMILES string of the molecule is NOc1ccc(C(=O)c2ccc(Oc3cccc(Oc4ccc(C(=O)c5ccc(Oc6ccc(N)cc6)cc5)cc4)c3)cc2)cc1. The summed E-state index contributed by atoms with van der Waals surface area (Å²) < 4.78 is 17.8. The number of hydrogen-bond donors (Lipinski definition) is 2. The van der Waals surface area contributed by atoms with Crippen LogP contribution in [0.1, 0.15) is 31.8 Å². The van der Waals surface area contributed by atoms with E-state index in [4.69, 9.17) is 25.8 Å². The zero-order valence-corrected chi connectivity index (χ0v) is 24.5. The van der Waals surface area contributed by atoms with Crippen LogP contribution in [-0.4, -0.2) is 11.6 Å². The molecule has 0 aliphatic rings. The highest BCUT2D eigenvalue weighted by Crippen LogP contribution is 2.30. The molecule has 0 bridgehead atoms. The molecular formula is C38H28N2O6. The third-order valence-electron chi connectivity index (χ3n) is 6.99. The van der Waals surface area contributed by atoms with E-state index in [-0.39, 0.29) is 11.6 Å². The topological polar surface area (TPSA) is 123 Å². The number of anilines is 1. The van der Waals surface area contributed by atoms with E-state index in [9.17, 15) is 9.59 Å². The fourth-order valence-corrected chi connectivity index (χ4v) is 4.59. The Hall–Kier alpha value is -6.38. The van der Waals surface area contributed by atoms with Gasteiger partial charge in [0.1, 0.15) is 40.2 Å². The lowest BCUT2D eigenvalue weighted by molar-refractivity contribution is 0.103. The van der Waals surface area contributed by atoms with Gasteiger partial charge in [0.05, 0.1) is 0 Å². The van der Waals surface area contributed by atoms with Gasteiger partial charge in [-0.3, -0.25) is 9.59 Å². The quantitative estimate of drug-likeness (QED) is 0.0854. The van der Waals surface area contributed by atoms with Crippen LogP contribution in [-0.2, 0) is 0 Å². The molecule has 0 radical (unpaired) electrons. The number of nitrogen functional groups attached to an aromatic ring is 1. The lowest BCUT2D eigenvalue weighted by Gasteiger charge is -2.10. The van der Waals surface area contributed by atoms with Crippen molar-refractivity contribution >= 4 is 17.3 Å². The Balaban J connectivity index is 1.05. The number of rotatable bonds is 11. The Morgan fingerprint density at radius 2 is 0.696 bits per heavy atom. The van der Waals surface area contributed by atoms with Crippen LogP contribution in [0, 0.1) is 0 Å². The normalized spacial score (nSPS) is 10.5. The summed E-state index contributed by atoms with van der Waals surface area (Å²) in [6.45, 7) is 0. The van der Waals surface area contributed by atoms with Crippen LogP contribution in [0.5, 0.6) is 40.2 Å². The standard InChI is InChI=1S/C38H28N2O6/c39-29-12-22-33(23-13-29)43-30-14-4-25(5-15-30)37(41)26-6-16-31(17-7-26)44-35-2-1-3-36(24-35)45-32-18-8-27(9-19-32)38(42)28-10-20-34(46-40)21-11-28/h1-24H,39-40H2. The molecule has 0 aliphatic carbocycles. The molecule has 0 aromatic heterocycles. The first kappa shape index (κ1) is 29.7. The van der Waals surface area contributed by atoms with Gasteiger partial charge in [-0.05, 0) is 133 Å². The highest BCUT2D eigenvalue weighted by molar-refractivity contribution is 6.09. The number of hydrogen-bond acceptors (Lipinski definition) is 8. The van der Waals surface area contributed by atoms with Crippen LogP contribution >= 0.6 is 0 Å². The van der Waals surface area contributed by atoms with E-state index in [1.165, 1.54) is 0 Å². The Kier molecular flexibility index (Phi) is 8.71. The summed E-state index contributed by atoms with van der Waals surface area (Å²) >= 11 is 0. The zero-order valence-electron chi connectivity index (χ0n) is 24.5. The van der Waals surface area contributed by atoms with Crippen LogP contribution < -0.4 is 30.7 Å². The predicted octanol–water partition coefficient (Wildman–Crippen LogP) is 8.36. The molecule has 0 heterocycles. The third kappa shape index (κ3) is 7.21. The van der Waals surface area contributed by atoms with Gasteiger partial charge in [-0.1, -0.05) is 6.07 Å². The van der Waals surface area contributed by atoms with Crippen molar-refractivity contribution in [1.82, 2.24) is 0 Å². The first-order valence-electron chi connectivity index (χ1n) is 14.3. The number of nitrogens with two attached hydrogens (primary N) is 2. The minimum atomic E-state index is -0.129. The molecule has 226 valence electrons. The van der Waals surface area contributed by atoms with E-state index < -0.39 is 0 Å². The average Bonchev–Trinajstić information content (AvgIpc) is 3.10. The molecule has 6 aromatic rings. The summed E-state index contributed by atoms with van der Waals surface area (Å²) in [4.78, 5) is 30.5. The maximum Gasteiger partial charge on any atom is 0.193 e. The van der Waals surface area contributed by atoms with Gasteiger partial charge in [0.15, 0.2) is 11.6 Å². The highest BCUT2D eigenvalue weighted by atomic mass is 16.6. The molecule has 8 nitrogen and oxygen atoms in total. The van der Waals surface area contributed by atoms with Crippen molar-refractivity contribution in [2.75, 3.05) is 5.73 Å². The van der Waals surface area contributed by atoms with Crippen LogP contribution in [0.25, 0.3) is 0 Å². The second-order valence-electron chi connectivity index (χ2n) is 10.2. The monoisotopic (exact) mass is 608 g/mol. The minimum absolute atomic E-state index is 0.118. The molecule has 0 saturated carbocycles. The van der Waals surface area contributed by atoms with E-state index in [0.29, 0.717) is 68.2 Å². The number of carbonyl (C=O) groups is 2. The maximum atomic E-state index is 13.1. The fraction of sp³-hybridized carbons (Fsp3) is 0. The van der Waals surface area contributed by atoms with Crippen molar-refractivity contribution < 1.29 is 28.6 Å². The lowest BCUT2D eigenvalue weighted by atomic mass is 10.0. The molecule has 0 amide bonds. The van der Waals surface area contributed by atoms with Gasteiger partial charge >= 0.3 is 0 Å². The molecule has 0 unspecified atom stereocenters. The van der Waals surface area contributed by atoms with E-state index in [1.54, 1.807) is 133 Å². The molecule has 6 aromatic carbocycles. The number of carbonyl (C=O) groups excluding carboxylic acids is 2. The van der Waals surface area contributed by atoms with Crippen molar-refractivity contribution in [3.63, 3.8) is 0 Å². The molecular weight excluding hydrogens is 580 g/mol. The van der Waals surface area contributed by atoms with Gasteiger partial charge in [0.25, 0.3) is 0 Å². The summed E-state index contributed by atoms with van der Waals surface area (Å²) in [6.07, 6.45) is 0. The van der Waals surface area contributed by atoms with Gasteiger partial charge in [-0.25, -0.2) is 0 Å². The van der Waals surface area contributed by atoms with Gasteiger partial charge in [-0.15, -0.1) is 0 Å². The average molecular weight is 609 g/mol. The largest absolute Gasteiger partial charge is 0.457 e. The Morgan fingerprint density at radius 3 is 1.04 bits per heavy atom. The number of benzene rings is 6. The van der Waals surface area contributed by atoms with Crippen molar-refractivity contribution in [1.29, 1.82) is 0 Å². The molecule has 0 saturated heterocycles. The number of ketones is 2. The first-order valence-corrected chi connectivity index (χ1v) is 14.3. The van der Waals surface area contributed by atoms with Gasteiger partial charge in [0.2, 0.25) is 0 Å². The van der Waals surface area contributed by atoms with Gasteiger partial charge in [-0.2, -0.15) is 5.90 Å². The molecule has 6 rings (SSSR count). The van der Waals surface area contributed by atoms with Crippen molar-refractivity contribution in [2.45, 2.75) is 0 Å². The summed E-state index contributed by atoms with van der Waals surface area (Å²) in [5.74, 6) is 8.89. The van der Waals surface area contributed by atoms with E-state index in [1.807, 2.05) is 12.1 Å². The Bertz CT molecular complexity index is 1950. The summed E-state index contributed by atoms with van der Waals surface area (Å²) in [5.41, 5.74) is 8.48.